The van der Waals surface area contributed by atoms with E-state index in [0.29, 0.717) is 6.61 Å². The minimum absolute atomic E-state index is 0.116. The van der Waals surface area contributed by atoms with Crippen molar-refractivity contribution >= 4 is 5.91 Å². The molecule has 0 saturated heterocycles. The highest BCUT2D eigenvalue weighted by molar-refractivity contribution is 5.79. The van der Waals surface area contributed by atoms with Crippen molar-refractivity contribution in [2.24, 2.45) is 5.92 Å². The predicted molar refractivity (Wildman–Crippen MR) is 60.7 cm³/mol. The predicted octanol–water partition coefficient (Wildman–Crippen LogP) is 2.06. The maximum absolute atomic E-state index is 12.1. The van der Waals surface area contributed by atoms with E-state index >= 15 is 0 Å². The highest BCUT2D eigenvalue weighted by Crippen LogP contribution is 2.29. The van der Waals surface area contributed by atoms with Crippen LogP contribution in [0.5, 0.6) is 0 Å². The molecule has 3 nitrogen and oxygen atoms in total. The van der Waals surface area contributed by atoms with Crippen molar-refractivity contribution in [1.82, 2.24) is 4.90 Å². The van der Waals surface area contributed by atoms with Gasteiger partial charge in [-0.05, 0) is 40.0 Å². The molecule has 1 rings (SSSR count). The Labute approximate surface area is 92.8 Å². The number of hydrogen-bond acceptors (Lipinski definition) is 2. The summed E-state index contributed by atoms with van der Waals surface area (Å²) in [6.07, 6.45) is 3.34. The van der Waals surface area contributed by atoms with Gasteiger partial charge < -0.3 is 9.64 Å². The molecule has 0 aromatic rings. The van der Waals surface area contributed by atoms with E-state index in [-0.39, 0.29) is 17.9 Å². The second-order valence-corrected chi connectivity index (χ2v) is 4.04. The fraction of sp³-hybridized carbons (Fsp3) is 0.917. The molecule has 0 unspecified atom stereocenters. The van der Waals surface area contributed by atoms with Crippen LogP contribution in [0.2, 0.25) is 0 Å². The summed E-state index contributed by atoms with van der Waals surface area (Å²) < 4.78 is 5.63. The van der Waals surface area contributed by atoms with Crippen molar-refractivity contribution in [3.63, 3.8) is 0 Å². The van der Waals surface area contributed by atoms with Crippen LogP contribution >= 0.6 is 0 Å². The van der Waals surface area contributed by atoms with Crippen LogP contribution in [-0.2, 0) is 9.53 Å². The maximum Gasteiger partial charge on any atom is 0.228 e. The van der Waals surface area contributed by atoms with Crippen LogP contribution in [0.15, 0.2) is 0 Å². The zero-order valence-electron chi connectivity index (χ0n) is 10.2. The molecule has 0 aliphatic heterocycles. The van der Waals surface area contributed by atoms with E-state index in [1.54, 1.807) is 0 Å². The van der Waals surface area contributed by atoms with Gasteiger partial charge in [0.05, 0.1) is 12.0 Å². The lowest BCUT2D eigenvalue weighted by Crippen LogP contribution is -2.39. The number of hydrogen-bond donors (Lipinski definition) is 0. The van der Waals surface area contributed by atoms with E-state index in [1.807, 2.05) is 25.7 Å². The van der Waals surface area contributed by atoms with Gasteiger partial charge in [-0.25, -0.2) is 0 Å². The van der Waals surface area contributed by atoms with Crippen LogP contribution in [0, 0.1) is 5.92 Å². The Hall–Kier alpha value is -0.570. The van der Waals surface area contributed by atoms with Gasteiger partial charge in [0.1, 0.15) is 0 Å². The fourth-order valence-corrected chi connectivity index (χ4v) is 2.39. The van der Waals surface area contributed by atoms with Gasteiger partial charge in [-0.3, -0.25) is 4.79 Å². The molecule has 1 amide bonds. The van der Waals surface area contributed by atoms with Crippen LogP contribution in [0.4, 0.5) is 0 Å². The minimum Gasteiger partial charge on any atom is -0.378 e. The second kappa shape index (κ2) is 6.11. The van der Waals surface area contributed by atoms with Crippen molar-refractivity contribution in [1.29, 1.82) is 0 Å². The van der Waals surface area contributed by atoms with E-state index < -0.39 is 0 Å². The average molecular weight is 213 g/mol. The molecule has 88 valence electrons. The number of carbonyl (C=O) groups is 1. The third-order valence-electron chi connectivity index (χ3n) is 3.23. The zero-order valence-corrected chi connectivity index (χ0v) is 10.2. The Morgan fingerprint density at radius 1 is 1.27 bits per heavy atom. The van der Waals surface area contributed by atoms with Crippen molar-refractivity contribution in [3.8, 4) is 0 Å². The van der Waals surface area contributed by atoms with Crippen LogP contribution in [0.1, 0.15) is 40.0 Å². The van der Waals surface area contributed by atoms with Gasteiger partial charge in [0.2, 0.25) is 5.91 Å². The van der Waals surface area contributed by atoms with E-state index in [2.05, 4.69) is 0 Å². The lowest BCUT2D eigenvalue weighted by molar-refractivity contribution is -0.139. The molecule has 1 fully saturated rings. The highest BCUT2D eigenvalue weighted by Gasteiger charge is 2.35. The minimum atomic E-state index is 0.116. The first-order valence-electron chi connectivity index (χ1n) is 6.14. The normalized spacial score (nSPS) is 25.5. The lowest BCUT2D eigenvalue weighted by atomic mass is 10.0. The Morgan fingerprint density at radius 2 is 1.93 bits per heavy atom. The van der Waals surface area contributed by atoms with Crippen molar-refractivity contribution in [2.75, 3.05) is 19.7 Å². The van der Waals surface area contributed by atoms with Crippen LogP contribution in [-0.4, -0.2) is 36.6 Å². The molecule has 0 radical (unpaired) electrons. The van der Waals surface area contributed by atoms with Crippen LogP contribution in [0.3, 0.4) is 0 Å². The monoisotopic (exact) mass is 213 g/mol. The molecule has 0 N–H and O–H groups in total. The largest absolute Gasteiger partial charge is 0.378 e. The molecule has 1 aliphatic rings. The van der Waals surface area contributed by atoms with Gasteiger partial charge in [-0.15, -0.1) is 0 Å². The molecule has 0 heterocycles. The number of nitrogens with zero attached hydrogens (tertiary/aromatic N) is 1. The van der Waals surface area contributed by atoms with Crippen molar-refractivity contribution in [3.05, 3.63) is 0 Å². The van der Waals surface area contributed by atoms with Gasteiger partial charge in [0.15, 0.2) is 0 Å². The number of amides is 1. The summed E-state index contributed by atoms with van der Waals surface area (Å²) in [6, 6.07) is 0. The van der Waals surface area contributed by atoms with Crippen molar-refractivity contribution in [2.45, 2.75) is 46.1 Å². The van der Waals surface area contributed by atoms with Gasteiger partial charge >= 0.3 is 0 Å². The van der Waals surface area contributed by atoms with E-state index in [0.717, 1.165) is 32.4 Å². The number of rotatable bonds is 5. The molecule has 0 bridgehead atoms. The van der Waals surface area contributed by atoms with Gasteiger partial charge in [0, 0.05) is 19.7 Å². The number of ether oxygens (including phenoxy) is 1. The smallest absolute Gasteiger partial charge is 0.228 e. The Kier molecular flexibility index (Phi) is 5.09. The highest BCUT2D eigenvalue weighted by atomic mass is 16.5. The second-order valence-electron chi connectivity index (χ2n) is 4.04. The summed E-state index contributed by atoms with van der Waals surface area (Å²) in [6.45, 7) is 8.40. The molecular formula is C12H23NO2. The quantitative estimate of drug-likeness (QED) is 0.699. The van der Waals surface area contributed by atoms with E-state index in [4.69, 9.17) is 4.74 Å². The van der Waals surface area contributed by atoms with E-state index in [9.17, 15) is 4.79 Å². The summed E-state index contributed by atoms with van der Waals surface area (Å²) in [5.74, 6) is 0.404. The van der Waals surface area contributed by atoms with Crippen LogP contribution in [0.25, 0.3) is 0 Å². The summed E-state index contributed by atoms with van der Waals surface area (Å²) in [4.78, 5) is 14.1. The van der Waals surface area contributed by atoms with Gasteiger partial charge in [0.25, 0.3) is 0 Å². The molecule has 15 heavy (non-hydrogen) atoms. The molecule has 1 saturated carbocycles. The molecular weight excluding hydrogens is 190 g/mol. The molecule has 2 atom stereocenters. The maximum atomic E-state index is 12.1. The third-order valence-corrected chi connectivity index (χ3v) is 3.23. The Bertz CT molecular complexity index is 202. The molecule has 3 heteroatoms. The number of carbonyl (C=O) groups excluding carboxylic acids is 1. The topological polar surface area (TPSA) is 29.5 Å². The SMILES string of the molecule is CCO[C@H]1CCC[C@@H]1C(=O)N(CC)CC. The molecule has 0 aromatic heterocycles. The fourth-order valence-electron chi connectivity index (χ4n) is 2.39. The Balaban J connectivity index is 2.57. The van der Waals surface area contributed by atoms with E-state index in [1.165, 1.54) is 0 Å². The van der Waals surface area contributed by atoms with Crippen molar-refractivity contribution < 1.29 is 9.53 Å². The van der Waals surface area contributed by atoms with Crippen LogP contribution < -0.4 is 0 Å². The first kappa shape index (κ1) is 12.5. The third kappa shape index (κ3) is 2.94. The van der Waals surface area contributed by atoms with Gasteiger partial charge in [-0.2, -0.15) is 0 Å². The lowest BCUT2D eigenvalue weighted by Gasteiger charge is -2.26. The standard InChI is InChI=1S/C12H23NO2/c1-4-13(5-2)12(14)10-8-7-9-11(10)15-6-3/h10-11H,4-9H2,1-3H3/t10-,11-/m0/s1. The molecule has 0 spiro atoms. The molecule has 0 aromatic carbocycles. The molecule has 1 aliphatic carbocycles. The summed E-state index contributed by atoms with van der Waals surface area (Å²) in [7, 11) is 0. The zero-order chi connectivity index (χ0) is 11.3. The summed E-state index contributed by atoms with van der Waals surface area (Å²) in [5, 5.41) is 0. The Morgan fingerprint density at radius 3 is 2.47 bits per heavy atom. The summed E-state index contributed by atoms with van der Waals surface area (Å²) in [5.41, 5.74) is 0. The average Bonchev–Trinajstić information content (AvgIpc) is 2.68. The first-order chi connectivity index (χ1) is 7.24. The summed E-state index contributed by atoms with van der Waals surface area (Å²) >= 11 is 0. The first-order valence-corrected chi connectivity index (χ1v) is 6.14. The van der Waals surface area contributed by atoms with Gasteiger partial charge in [-0.1, -0.05) is 0 Å².